The van der Waals surface area contributed by atoms with Gasteiger partial charge >= 0.3 is 5.97 Å². The van der Waals surface area contributed by atoms with Gasteiger partial charge in [-0.05, 0) is 62.4 Å². The van der Waals surface area contributed by atoms with E-state index in [4.69, 9.17) is 9.47 Å². The van der Waals surface area contributed by atoms with Crippen molar-refractivity contribution < 1.29 is 19.4 Å². The van der Waals surface area contributed by atoms with Crippen molar-refractivity contribution in [2.75, 3.05) is 13.2 Å². The van der Waals surface area contributed by atoms with E-state index in [0.29, 0.717) is 24.7 Å². The number of esters is 1. The molecule has 0 aromatic heterocycles. The van der Waals surface area contributed by atoms with Gasteiger partial charge in [-0.15, -0.1) is 0 Å². The first kappa shape index (κ1) is 25.4. The van der Waals surface area contributed by atoms with E-state index < -0.39 is 6.29 Å². The fourth-order valence-corrected chi connectivity index (χ4v) is 6.00. The van der Waals surface area contributed by atoms with Crippen molar-refractivity contribution in [2.24, 2.45) is 11.8 Å². The van der Waals surface area contributed by atoms with E-state index in [1.807, 2.05) is 50.2 Å². The Bertz CT molecular complexity index is 1590. The Morgan fingerprint density at radius 1 is 0.722 bits per heavy atom. The second-order valence-corrected chi connectivity index (χ2v) is 11.8. The molecule has 0 aliphatic carbocycles. The maximum atomic E-state index is 13.1. The molecule has 1 N–H and O–H groups in total. The number of hydrogen-bond donors (Lipinski definition) is 1. The summed E-state index contributed by atoms with van der Waals surface area (Å²) in [6, 6.07) is 16.0. The third-order valence-electron chi connectivity index (χ3n) is 6.45. The molecule has 0 fully saturated rings. The number of fused-ring (bicyclic) bond motifs is 2. The second kappa shape index (κ2) is 9.90. The predicted molar refractivity (Wildman–Crippen MR) is 154 cm³/mol. The van der Waals surface area contributed by atoms with Gasteiger partial charge in [-0.3, -0.25) is 0 Å². The van der Waals surface area contributed by atoms with Crippen LogP contribution in [0.1, 0.15) is 49.9 Å². The molecule has 0 radical (unpaired) electrons. The highest BCUT2D eigenvalue weighted by molar-refractivity contribution is 9.11. The van der Waals surface area contributed by atoms with Crippen LogP contribution in [0.2, 0.25) is 0 Å². The summed E-state index contributed by atoms with van der Waals surface area (Å²) in [5.41, 5.74) is 1.28. The molecule has 0 spiro atoms. The Hall–Kier alpha value is -2.25. The Morgan fingerprint density at radius 3 is 1.81 bits per heavy atom. The van der Waals surface area contributed by atoms with E-state index in [0.717, 1.165) is 57.6 Å². The highest BCUT2D eigenvalue weighted by atomic mass is 79.9. The number of benzene rings is 5. The van der Waals surface area contributed by atoms with E-state index >= 15 is 0 Å². The molecule has 36 heavy (non-hydrogen) atoms. The molecule has 5 rings (SSSR count). The third-order valence-corrected chi connectivity index (χ3v) is 7.78. The zero-order valence-corrected chi connectivity index (χ0v) is 23.9. The SMILES string of the molecule is CC(C)COC(=O)c1ccc2c3ccc(Br)c4c(C(O)OCC(C)C)ccc(c5ccc(Br)c1c25)c43. The van der Waals surface area contributed by atoms with Crippen LogP contribution in [-0.4, -0.2) is 24.3 Å². The number of hydrogen-bond acceptors (Lipinski definition) is 4. The number of halogens is 2. The number of ether oxygens (including phenoxy) is 2. The lowest BCUT2D eigenvalue weighted by atomic mass is 9.87. The average Bonchev–Trinajstić information content (AvgIpc) is 2.85. The van der Waals surface area contributed by atoms with Gasteiger partial charge in [0.05, 0.1) is 18.8 Å². The van der Waals surface area contributed by atoms with Crippen molar-refractivity contribution in [3.8, 4) is 0 Å². The fourth-order valence-electron chi connectivity index (χ4n) is 4.90. The minimum atomic E-state index is -1.03. The molecule has 5 aromatic rings. The van der Waals surface area contributed by atoms with Crippen molar-refractivity contribution in [1.29, 1.82) is 0 Å². The Morgan fingerprint density at radius 2 is 1.22 bits per heavy atom. The van der Waals surface area contributed by atoms with Crippen LogP contribution in [0.4, 0.5) is 0 Å². The second-order valence-electron chi connectivity index (χ2n) is 10.1. The predicted octanol–water partition coefficient (Wildman–Crippen LogP) is 8.74. The lowest BCUT2D eigenvalue weighted by Gasteiger charge is -2.21. The van der Waals surface area contributed by atoms with Crippen molar-refractivity contribution in [3.05, 3.63) is 68.6 Å². The summed E-state index contributed by atoms with van der Waals surface area (Å²) >= 11 is 7.43. The standard InChI is InChI=1S/C30H28Br2O4/c1-15(2)13-35-29(33)21-7-5-17-20-10-12-24(32)28-22(30(34)36-14-16(3)4)8-6-18(26(20)28)19-9-11-23(31)27(21)25(17)19/h5-12,15-16,29,33H,13-14H2,1-4H3. The smallest absolute Gasteiger partial charge is 0.338 e. The molecular weight excluding hydrogens is 584 g/mol. The van der Waals surface area contributed by atoms with Crippen LogP contribution in [0.15, 0.2) is 57.5 Å². The molecule has 5 aromatic carbocycles. The number of aliphatic hydroxyl groups is 1. The van der Waals surface area contributed by atoms with Gasteiger partial charge in [0.25, 0.3) is 0 Å². The first-order valence-electron chi connectivity index (χ1n) is 12.2. The average molecular weight is 612 g/mol. The molecule has 0 heterocycles. The lowest BCUT2D eigenvalue weighted by Crippen LogP contribution is -2.11. The van der Waals surface area contributed by atoms with Crippen LogP contribution in [0.25, 0.3) is 43.1 Å². The summed E-state index contributed by atoms with van der Waals surface area (Å²) in [6.07, 6.45) is -1.03. The number of aliphatic hydroxyl groups excluding tert-OH is 1. The summed E-state index contributed by atoms with van der Waals surface area (Å²) in [5.74, 6) is 0.252. The van der Waals surface area contributed by atoms with E-state index in [-0.39, 0.29) is 11.9 Å². The van der Waals surface area contributed by atoms with Crippen LogP contribution >= 0.6 is 31.9 Å². The summed E-state index contributed by atoms with van der Waals surface area (Å²) in [6.45, 7) is 9.00. The van der Waals surface area contributed by atoms with Crippen molar-refractivity contribution in [1.82, 2.24) is 0 Å². The first-order valence-corrected chi connectivity index (χ1v) is 13.8. The molecule has 186 valence electrons. The summed E-state index contributed by atoms with van der Waals surface area (Å²) in [7, 11) is 0. The largest absolute Gasteiger partial charge is 0.462 e. The third kappa shape index (κ3) is 4.28. The topological polar surface area (TPSA) is 55.8 Å². The van der Waals surface area contributed by atoms with Crippen LogP contribution in [0.5, 0.6) is 0 Å². The van der Waals surface area contributed by atoms with Gasteiger partial charge in [0, 0.05) is 25.3 Å². The fraction of sp³-hybridized carbons (Fsp3) is 0.300. The van der Waals surface area contributed by atoms with Gasteiger partial charge in [-0.2, -0.15) is 0 Å². The van der Waals surface area contributed by atoms with Gasteiger partial charge in [0.2, 0.25) is 0 Å². The number of rotatable bonds is 7. The van der Waals surface area contributed by atoms with Crippen LogP contribution < -0.4 is 0 Å². The molecule has 0 amide bonds. The Labute approximate surface area is 227 Å². The van der Waals surface area contributed by atoms with Crippen LogP contribution in [0, 0.1) is 11.8 Å². The molecule has 0 saturated carbocycles. The highest BCUT2D eigenvalue weighted by Crippen LogP contribution is 2.46. The van der Waals surface area contributed by atoms with Gasteiger partial charge in [0.15, 0.2) is 6.29 Å². The molecule has 0 aliphatic rings. The Balaban J connectivity index is 1.82. The zero-order chi connectivity index (χ0) is 25.7. The molecule has 6 heteroatoms. The van der Waals surface area contributed by atoms with Gasteiger partial charge in [0.1, 0.15) is 0 Å². The molecule has 1 unspecified atom stereocenters. The maximum Gasteiger partial charge on any atom is 0.338 e. The van der Waals surface area contributed by atoms with Crippen LogP contribution in [-0.2, 0) is 9.47 Å². The molecule has 0 aliphatic heterocycles. The van der Waals surface area contributed by atoms with E-state index in [9.17, 15) is 9.90 Å². The normalized spacial score (nSPS) is 13.1. The van der Waals surface area contributed by atoms with Gasteiger partial charge in [-0.25, -0.2) is 4.79 Å². The number of carbonyl (C=O) groups excluding carboxylic acids is 1. The quantitative estimate of drug-likeness (QED) is 0.0865. The monoisotopic (exact) mass is 610 g/mol. The minimum Gasteiger partial charge on any atom is -0.462 e. The molecule has 0 saturated heterocycles. The highest BCUT2D eigenvalue weighted by Gasteiger charge is 2.23. The molecule has 1 atom stereocenters. The van der Waals surface area contributed by atoms with E-state index in [1.54, 1.807) is 0 Å². The van der Waals surface area contributed by atoms with E-state index in [1.165, 1.54) is 0 Å². The molecule has 4 nitrogen and oxygen atoms in total. The molecular formula is C30H28Br2O4. The lowest BCUT2D eigenvalue weighted by molar-refractivity contribution is -0.109. The Kier molecular flexibility index (Phi) is 6.98. The zero-order valence-electron chi connectivity index (χ0n) is 20.7. The van der Waals surface area contributed by atoms with Gasteiger partial charge in [-0.1, -0.05) is 89.9 Å². The summed E-state index contributed by atoms with van der Waals surface area (Å²) in [5, 5.41) is 19.0. The van der Waals surface area contributed by atoms with Crippen molar-refractivity contribution in [2.45, 2.75) is 34.0 Å². The maximum absolute atomic E-state index is 13.1. The summed E-state index contributed by atoms with van der Waals surface area (Å²) in [4.78, 5) is 13.1. The van der Waals surface area contributed by atoms with E-state index in [2.05, 4.69) is 57.8 Å². The van der Waals surface area contributed by atoms with Crippen LogP contribution in [0.3, 0.4) is 0 Å². The minimum absolute atomic E-state index is 0.259. The first-order chi connectivity index (χ1) is 17.2. The van der Waals surface area contributed by atoms with Gasteiger partial charge < -0.3 is 14.6 Å². The summed E-state index contributed by atoms with van der Waals surface area (Å²) < 4.78 is 13.1. The number of carbonyl (C=O) groups is 1. The van der Waals surface area contributed by atoms with Crippen molar-refractivity contribution in [3.63, 3.8) is 0 Å². The molecule has 0 bridgehead atoms. The van der Waals surface area contributed by atoms with Crippen molar-refractivity contribution >= 4 is 80.9 Å².